The van der Waals surface area contributed by atoms with Gasteiger partial charge in [-0.2, -0.15) is 0 Å². The van der Waals surface area contributed by atoms with Crippen LogP contribution in [0.1, 0.15) is 24.7 Å². The average Bonchev–Trinajstić information content (AvgIpc) is 2.85. The van der Waals surface area contributed by atoms with Crippen LogP contribution in [0.25, 0.3) is 5.69 Å². The van der Waals surface area contributed by atoms with Gasteiger partial charge in [0.1, 0.15) is 5.82 Å². The number of aryl methyl sites for hydroxylation is 2. The lowest BCUT2D eigenvalue weighted by molar-refractivity contribution is -0.118. The molecule has 0 radical (unpaired) electrons. The first kappa shape index (κ1) is 15.6. The first-order valence-electron chi connectivity index (χ1n) is 7.00. The van der Waals surface area contributed by atoms with Crippen LogP contribution in [0.2, 0.25) is 0 Å². The molecule has 0 atom stereocenters. The minimum atomic E-state index is 0.0259. The van der Waals surface area contributed by atoms with E-state index in [1.165, 1.54) is 17.3 Å². The molecule has 0 saturated heterocycles. The van der Waals surface area contributed by atoms with E-state index in [4.69, 9.17) is 0 Å². The Bertz CT molecular complexity index is 607. The molecule has 21 heavy (non-hydrogen) atoms. The molecule has 0 fully saturated rings. The van der Waals surface area contributed by atoms with Gasteiger partial charge in [0.05, 0.1) is 5.75 Å². The summed E-state index contributed by atoms with van der Waals surface area (Å²) >= 11 is 1.40. The lowest BCUT2D eigenvalue weighted by Gasteiger charge is -2.08. The zero-order valence-corrected chi connectivity index (χ0v) is 13.4. The summed E-state index contributed by atoms with van der Waals surface area (Å²) < 4.78 is 1.97. The van der Waals surface area contributed by atoms with Gasteiger partial charge in [-0.05, 0) is 32.4 Å². The lowest BCUT2D eigenvalue weighted by atomic mass is 10.2. The maximum absolute atomic E-state index is 11.7. The number of benzene rings is 1. The maximum Gasteiger partial charge on any atom is 0.230 e. The highest BCUT2D eigenvalue weighted by molar-refractivity contribution is 7.99. The third-order valence-electron chi connectivity index (χ3n) is 2.99. The van der Waals surface area contributed by atoms with Crippen molar-refractivity contribution in [3.63, 3.8) is 0 Å². The number of rotatable bonds is 6. The molecule has 1 aromatic heterocycles. The predicted molar refractivity (Wildman–Crippen MR) is 84.9 cm³/mol. The second-order valence-electron chi connectivity index (χ2n) is 4.84. The van der Waals surface area contributed by atoms with Gasteiger partial charge in [-0.15, -0.1) is 10.2 Å². The van der Waals surface area contributed by atoms with Gasteiger partial charge in [-0.25, -0.2) is 0 Å². The highest BCUT2D eigenvalue weighted by Crippen LogP contribution is 2.21. The fourth-order valence-corrected chi connectivity index (χ4v) is 2.70. The lowest BCUT2D eigenvalue weighted by Crippen LogP contribution is -2.25. The Labute approximate surface area is 129 Å². The van der Waals surface area contributed by atoms with E-state index in [9.17, 15) is 4.79 Å². The van der Waals surface area contributed by atoms with Crippen molar-refractivity contribution in [2.75, 3.05) is 12.3 Å². The van der Waals surface area contributed by atoms with Gasteiger partial charge < -0.3 is 5.32 Å². The summed E-state index contributed by atoms with van der Waals surface area (Å²) in [5.74, 6) is 1.19. The molecule has 0 bridgehead atoms. The number of carbonyl (C=O) groups is 1. The Morgan fingerprint density at radius 1 is 1.24 bits per heavy atom. The summed E-state index contributed by atoms with van der Waals surface area (Å²) in [4.78, 5) is 11.7. The minimum absolute atomic E-state index is 0.0259. The molecule has 1 N–H and O–H groups in total. The number of nitrogens with zero attached hydrogens (tertiary/aromatic N) is 3. The zero-order valence-electron chi connectivity index (χ0n) is 12.6. The number of hydrogen-bond acceptors (Lipinski definition) is 4. The molecule has 0 aliphatic carbocycles. The normalized spacial score (nSPS) is 10.6. The first-order valence-corrected chi connectivity index (χ1v) is 7.99. The van der Waals surface area contributed by atoms with Crippen LogP contribution in [0.15, 0.2) is 29.4 Å². The van der Waals surface area contributed by atoms with Crippen LogP contribution < -0.4 is 5.32 Å². The number of hydrogen-bond donors (Lipinski definition) is 1. The Morgan fingerprint density at radius 2 is 1.95 bits per heavy atom. The van der Waals surface area contributed by atoms with Crippen molar-refractivity contribution in [2.24, 2.45) is 0 Å². The molecule has 0 spiro atoms. The summed E-state index contributed by atoms with van der Waals surface area (Å²) in [5.41, 5.74) is 2.22. The van der Waals surface area contributed by atoms with Gasteiger partial charge >= 0.3 is 0 Å². The molecule has 2 rings (SSSR count). The van der Waals surface area contributed by atoms with E-state index in [1.807, 2.05) is 30.5 Å². The minimum Gasteiger partial charge on any atom is -0.355 e. The van der Waals surface area contributed by atoms with E-state index in [-0.39, 0.29) is 5.91 Å². The van der Waals surface area contributed by atoms with Crippen molar-refractivity contribution in [1.29, 1.82) is 0 Å². The highest BCUT2D eigenvalue weighted by atomic mass is 32.2. The molecule has 0 unspecified atom stereocenters. The van der Waals surface area contributed by atoms with E-state index < -0.39 is 0 Å². The first-order chi connectivity index (χ1) is 10.1. The van der Waals surface area contributed by atoms with Crippen molar-refractivity contribution in [3.05, 3.63) is 35.7 Å². The molecule has 1 aromatic carbocycles. The highest BCUT2D eigenvalue weighted by Gasteiger charge is 2.12. The summed E-state index contributed by atoms with van der Waals surface area (Å²) in [5, 5.41) is 11.9. The molecule has 0 aliphatic rings. The van der Waals surface area contributed by atoms with Crippen LogP contribution >= 0.6 is 11.8 Å². The maximum atomic E-state index is 11.7. The van der Waals surface area contributed by atoms with E-state index in [0.29, 0.717) is 12.3 Å². The Morgan fingerprint density at radius 3 is 2.62 bits per heavy atom. The summed E-state index contributed by atoms with van der Waals surface area (Å²) in [6.45, 7) is 6.71. The largest absolute Gasteiger partial charge is 0.355 e. The van der Waals surface area contributed by atoms with Crippen LogP contribution in [0.4, 0.5) is 0 Å². The fraction of sp³-hybridized carbons (Fsp3) is 0.400. The van der Waals surface area contributed by atoms with E-state index in [2.05, 4.69) is 34.6 Å². The van der Waals surface area contributed by atoms with Crippen molar-refractivity contribution < 1.29 is 4.79 Å². The van der Waals surface area contributed by atoms with Crippen LogP contribution in [0.3, 0.4) is 0 Å². The molecule has 2 aromatic rings. The topological polar surface area (TPSA) is 59.8 Å². The second-order valence-corrected chi connectivity index (χ2v) is 5.78. The van der Waals surface area contributed by atoms with Gasteiger partial charge in [0.2, 0.25) is 5.91 Å². The van der Waals surface area contributed by atoms with Crippen LogP contribution in [0.5, 0.6) is 0 Å². The zero-order chi connectivity index (χ0) is 15.2. The molecule has 0 aliphatic heterocycles. The standard InChI is InChI=1S/C15H20N4OS/c1-4-9-16-14(20)10-21-15-18-17-12(3)19(15)13-7-5-11(2)6-8-13/h5-8H,4,9-10H2,1-3H3,(H,16,20). The molecule has 1 amide bonds. The van der Waals surface area contributed by atoms with Gasteiger partial charge in [0.15, 0.2) is 5.16 Å². The average molecular weight is 304 g/mol. The molecular weight excluding hydrogens is 284 g/mol. The summed E-state index contributed by atoms with van der Waals surface area (Å²) in [7, 11) is 0. The molecule has 0 saturated carbocycles. The van der Waals surface area contributed by atoms with E-state index in [0.717, 1.165) is 23.1 Å². The van der Waals surface area contributed by atoms with E-state index >= 15 is 0 Å². The van der Waals surface area contributed by atoms with Crippen LogP contribution in [-0.4, -0.2) is 33.0 Å². The van der Waals surface area contributed by atoms with Gasteiger partial charge in [-0.1, -0.05) is 36.4 Å². The van der Waals surface area contributed by atoms with Crippen molar-refractivity contribution in [1.82, 2.24) is 20.1 Å². The Kier molecular flexibility index (Phi) is 5.38. The van der Waals surface area contributed by atoms with E-state index in [1.54, 1.807) is 0 Å². The quantitative estimate of drug-likeness (QED) is 0.833. The number of aromatic nitrogens is 3. The van der Waals surface area contributed by atoms with Gasteiger partial charge in [-0.3, -0.25) is 9.36 Å². The molecule has 5 nitrogen and oxygen atoms in total. The second kappa shape index (κ2) is 7.26. The third kappa shape index (κ3) is 4.07. The van der Waals surface area contributed by atoms with Crippen molar-refractivity contribution in [3.8, 4) is 5.69 Å². The number of thioether (sulfide) groups is 1. The molecule has 112 valence electrons. The predicted octanol–water partition coefficient (Wildman–Crippen LogP) is 2.50. The van der Waals surface area contributed by atoms with Crippen molar-refractivity contribution >= 4 is 17.7 Å². The van der Waals surface area contributed by atoms with Gasteiger partial charge in [0, 0.05) is 12.2 Å². The smallest absolute Gasteiger partial charge is 0.230 e. The summed E-state index contributed by atoms with van der Waals surface area (Å²) in [6, 6.07) is 8.17. The monoisotopic (exact) mass is 304 g/mol. The summed E-state index contributed by atoms with van der Waals surface area (Å²) in [6.07, 6.45) is 0.940. The van der Waals surface area contributed by atoms with Gasteiger partial charge in [0.25, 0.3) is 0 Å². The molecule has 6 heteroatoms. The fourth-order valence-electron chi connectivity index (χ4n) is 1.87. The SMILES string of the molecule is CCCNC(=O)CSc1nnc(C)n1-c1ccc(C)cc1. The third-order valence-corrected chi connectivity index (χ3v) is 3.92. The Hall–Kier alpha value is -1.82. The molecular formula is C15H20N4OS. The number of carbonyl (C=O) groups excluding carboxylic acids is 1. The number of nitrogens with one attached hydrogen (secondary N) is 1. The van der Waals surface area contributed by atoms with Crippen molar-refractivity contribution in [2.45, 2.75) is 32.3 Å². The Balaban J connectivity index is 2.11. The van der Waals surface area contributed by atoms with Crippen LogP contribution in [-0.2, 0) is 4.79 Å². The van der Waals surface area contributed by atoms with Crippen LogP contribution in [0, 0.1) is 13.8 Å². The molecule has 1 heterocycles. The number of amides is 1.